The number of aliphatic hydroxyl groups is 1. The molecule has 6 heteroatoms. The lowest BCUT2D eigenvalue weighted by molar-refractivity contribution is 0.281. The minimum Gasteiger partial charge on any atom is -0.391 e. The maximum Gasteiger partial charge on any atom is 0.157 e. The van der Waals surface area contributed by atoms with Gasteiger partial charge in [-0.25, -0.2) is 4.98 Å². The van der Waals surface area contributed by atoms with Crippen LogP contribution in [0.25, 0.3) is 16.9 Å². The summed E-state index contributed by atoms with van der Waals surface area (Å²) >= 11 is 0. The molecule has 3 aromatic rings. The summed E-state index contributed by atoms with van der Waals surface area (Å²) in [6, 6.07) is 5.57. The molecular formula is C12H11N5O. The summed E-state index contributed by atoms with van der Waals surface area (Å²) in [4.78, 5) is 8.17. The van der Waals surface area contributed by atoms with Crippen molar-refractivity contribution in [1.29, 1.82) is 0 Å². The summed E-state index contributed by atoms with van der Waals surface area (Å²) in [6.45, 7) is -0.154. The second-order valence-electron chi connectivity index (χ2n) is 3.86. The first-order valence-electron chi connectivity index (χ1n) is 5.44. The van der Waals surface area contributed by atoms with Gasteiger partial charge in [0.15, 0.2) is 5.65 Å². The normalized spacial score (nSPS) is 10.9. The van der Waals surface area contributed by atoms with Gasteiger partial charge in [-0.1, -0.05) is 0 Å². The summed E-state index contributed by atoms with van der Waals surface area (Å²) in [5, 5.41) is 13.5. The predicted octanol–water partition coefficient (Wildman–Crippen LogP) is 0.866. The highest BCUT2D eigenvalue weighted by Gasteiger charge is 2.09. The number of aliphatic hydroxyl groups excluding tert-OH is 1. The molecule has 0 unspecified atom stereocenters. The number of rotatable bonds is 2. The van der Waals surface area contributed by atoms with Crippen LogP contribution in [0.1, 0.15) is 5.56 Å². The van der Waals surface area contributed by atoms with E-state index in [0.717, 1.165) is 11.3 Å². The largest absolute Gasteiger partial charge is 0.391 e. The number of aromatic nitrogens is 4. The molecule has 3 aromatic heterocycles. The Balaban J connectivity index is 2.20. The number of pyridine rings is 1. The van der Waals surface area contributed by atoms with Gasteiger partial charge in [0.25, 0.3) is 0 Å². The number of nitrogens with zero attached hydrogens (tertiary/aromatic N) is 4. The van der Waals surface area contributed by atoms with Gasteiger partial charge in [-0.2, -0.15) is 9.61 Å². The zero-order valence-corrected chi connectivity index (χ0v) is 9.48. The second kappa shape index (κ2) is 4.08. The molecule has 0 saturated heterocycles. The number of hydrogen-bond acceptors (Lipinski definition) is 5. The zero-order valence-electron chi connectivity index (χ0n) is 9.48. The molecular weight excluding hydrogens is 230 g/mol. The molecule has 0 bridgehead atoms. The summed E-state index contributed by atoms with van der Waals surface area (Å²) < 4.78 is 1.53. The Labute approximate surface area is 103 Å². The van der Waals surface area contributed by atoms with Gasteiger partial charge < -0.3 is 10.8 Å². The Kier molecular flexibility index (Phi) is 2.42. The van der Waals surface area contributed by atoms with E-state index in [0.29, 0.717) is 17.0 Å². The first-order valence-corrected chi connectivity index (χ1v) is 5.44. The van der Waals surface area contributed by atoms with Crippen molar-refractivity contribution in [2.75, 3.05) is 5.73 Å². The van der Waals surface area contributed by atoms with Crippen LogP contribution in [-0.4, -0.2) is 24.7 Å². The highest BCUT2D eigenvalue weighted by Crippen LogP contribution is 2.20. The van der Waals surface area contributed by atoms with Crippen molar-refractivity contribution in [3.63, 3.8) is 0 Å². The summed E-state index contributed by atoms with van der Waals surface area (Å²) in [5.74, 6) is 0.405. The van der Waals surface area contributed by atoms with Gasteiger partial charge in [0.2, 0.25) is 0 Å². The van der Waals surface area contributed by atoms with E-state index in [4.69, 9.17) is 10.8 Å². The van der Waals surface area contributed by atoms with E-state index in [1.54, 1.807) is 18.6 Å². The molecule has 0 atom stereocenters. The van der Waals surface area contributed by atoms with Crippen molar-refractivity contribution < 1.29 is 5.11 Å². The van der Waals surface area contributed by atoms with Crippen LogP contribution in [0.15, 0.2) is 36.8 Å². The Hall–Kier alpha value is -2.47. The number of nitrogens with two attached hydrogens (primary N) is 1. The third-order valence-electron chi connectivity index (χ3n) is 2.75. The van der Waals surface area contributed by atoms with Crippen LogP contribution in [0.3, 0.4) is 0 Å². The second-order valence-corrected chi connectivity index (χ2v) is 3.86. The van der Waals surface area contributed by atoms with Crippen LogP contribution in [0.4, 0.5) is 5.82 Å². The molecule has 0 aliphatic carbocycles. The smallest absolute Gasteiger partial charge is 0.157 e. The van der Waals surface area contributed by atoms with Crippen LogP contribution >= 0.6 is 0 Å². The Bertz CT molecular complexity index is 692. The fourth-order valence-corrected chi connectivity index (χ4v) is 1.77. The lowest BCUT2D eigenvalue weighted by Crippen LogP contribution is -2.04. The van der Waals surface area contributed by atoms with E-state index in [1.807, 2.05) is 18.2 Å². The number of fused-ring (bicyclic) bond motifs is 1. The van der Waals surface area contributed by atoms with E-state index in [9.17, 15) is 0 Å². The average Bonchev–Trinajstić information content (AvgIpc) is 2.85. The van der Waals surface area contributed by atoms with E-state index in [-0.39, 0.29) is 6.61 Å². The molecule has 3 heterocycles. The molecule has 0 amide bonds. The number of nitrogen functional groups attached to an aromatic ring is 1. The fourth-order valence-electron chi connectivity index (χ4n) is 1.77. The molecule has 0 spiro atoms. The van der Waals surface area contributed by atoms with Gasteiger partial charge in [0.1, 0.15) is 5.82 Å². The molecule has 3 rings (SSSR count). The number of anilines is 1. The summed E-state index contributed by atoms with van der Waals surface area (Å²) in [7, 11) is 0. The van der Waals surface area contributed by atoms with Crippen molar-refractivity contribution in [3.8, 4) is 11.3 Å². The van der Waals surface area contributed by atoms with Crippen molar-refractivity contribution in [2.45, 2.75) is 6.61 Å². The standard InChI is InChI=1S/C12H11N5O/c13-12-9(7-18)6-15-11-5-10(16-17(11)12)8-1-3-14-4-2-8/h1-6,18H,7,13H2. The van der Waals surface area contributed by atoms with E-state index in [2.05, 4.69) is 15.1 Å². The molecule has 18 heavy (non-hydrogen) atoms. The van der Waals surface area contributed by atoms with Gasteiger partial charge in [-0.3, -0.25) is 4.98 Å². The highest BCUT2D eigenvalue weighted by molar-refractivity contribution is 5.65. The van der Waals surface area contributed by atoms with Gasteiger partial charge >= 0.3 is 0 Å². The van der Waals surface area contributed by atoms with E-state index < -0.39 is 0 Å². The van der Waals surface area contributed by atoms with Crippen LogP contribution < -0.4 is 5.73 Å². The lowest BCUT2D eigenvalue weighted by Gasteiger charge is -2.02. The van der Waals surface area contributed by atoms with Crippen molar-refractivity contribution in [3.05, 3.63) is 42.4 Å². The van der Waals surface area contributed by atoms with Crippen molar-refractivity contribution in [2.24, 2.45) is 0 Å². The molecule has 0 aliphatic rings. The van der Waals surface area contributed by atoms with Gasteiger partial charge in [-0.15, -0.1) is 0 Å². The summed E-state index contributed by atoms with van der Waals surface area (Å²) in [6.07, 6.45) is 4.97. The third kappa shape index (κ3) is 1.59. The molecule has 3 N–H and O–H groups in total. The van der Waals surface area contributed by atoms with Gasteiger partial charge in [-0.05, 0) is 12.1 Å². The first kappa shape index (κ1) is 10.7. The van der Waals surface area contributed by atoms with Crippen LogP contribution in [0, 0.1) is 0 Å². The monoisotopic (exact) mass is 241 g/mol. The van der Waals surface area contributed by atoms with Crippen molar-refractivity contribution >= 4 is 11.5 Å². The molecule has 0 saturated carbocycles. The molecule has 90 valence electrons. The molecule has 0 aliphatic heterocycles. The molecule has 0 fully saturated rings. The molecule has 0 radical (unpaired) electrons. The fraction of sp³-hybridized carbons (Fsp3) is 0.0833. The Morgan fingerprint density at radius 3 is 2.78 bits per heavy atom. The number of hydrogen-bond donors (Lipinski definition) is 2. The molecule has 6 nitrogen and oxygen atoms in total. The maximum atomic E-state index is 9.13. The topological polar surface area (TPSA) is 89.3 Å². The first-order chi connectivity index (χ1) is 8.79. The lowest BCUT2D eigenvalue weighted by atomic mass is 10.2. The SMILES string of the molecule is Nc1c(CO)cnc2cc(-c3ccncc3)nn12. The van der Waals surface area contributed by atoms with Crippen molar-refractivity contribution in [1.82, 2.24) is 19.6 Å². The predicted molar refractivity (Wildman–Crippen MR) is 66.6 cm³/mol. The van der Waals surface area contributed by atoms with Crippen LogP contribution in [-0.2, 0) is 6.61 Å². The summed E-state index contributed by atoms with van der Waals surface area (Å²) in [5.41, 5.74) is 8.84. The Morgan fingerprint density at radius 2 is 2.06 bits per heavy atom. The van der Waals surface area contributed by atoms with Gasteiger partial charge in [0.05, 0.1) is 12.3 Å². The third-order valence-corrected chi connectivity index (χ3v) is 2.75. The van der Waals surface area contributed by atoms with E-state index >= 15 is 0 Å². The highest BCUT2D eigenvalue weighted by atomic mass is 16.3. The van der Waals surface area contributed by atoms with Crippen LogP contribution in [0.2, 0.25) is 0 Å². The maximum absolute atomic E-state index is 9.13. The minimum atomic E-state index is -0.154. The average molecular weight is 241 g/mol. The van der Waals surface area contributed by atoms with Gasteiger partial charge in [0, 0.05) is 35.8 Å². The van der Waals surface area contributed by atoms with Crippen LogP contribution in [0.5, 0.6) is 0 Å². The van der Waals surface area contributed by atoms with E-state index in [1.165, 1.54) is 4.52 Å². The zero-order chi connectivity index (χ0) is 12.5. The quantitative estimate of drug-likeness (QED) is 0.694. The Morgan fingerprint density at radius 1 is 1.28 bits per heavy atom. The molecule has 0 aromatic carbocycles. The minimum absolute atomic E-state index is 0.154.